The average Bonchev–Trinajstić information content (AvgIpc) is 3.24. The van der Waals surface area contributed by atoms with Crippen molar-refractivity contribution in [1.82, 2.24) is 5.32 Å². The van der Waals surface area contributed by atoms with E-state index in [2.05, 4.69) is 35.6 Å². The summed E-state index contributed by atoms with van der Waals surface area (Å²) in [5.74, 6) is 0. The lowest BCUT2D eigenvalue weighted by Gasteiger charge is -2.13. The lowest BCUT2D eigenvalue weighted by atomic mass is 10.0. The molecule has 17 heavy (non-hydrogen) atoms. The van der Waals surface area contributed by atoms with E-state index < -0.39 is 0 Å². The molecule has 1 N–H and O–H groups in total. The van der Waals surface area contributed by atoms with Crippen LogP contribution >= 0.6 is 0 Å². The van der Waals surface area contributed by atoms with Crippen LogP contribution in [0.1, 0.15) is 56.9 Å². The van der Waals surface area contributed by atoms with E-state index >= 15 is 0 Å². The monoisotopic (exact) mass is 231 g/mol. The Morgan fingerprint density at radius 2 is 1.29 bits per heavy atom. The minimum Gasteiger partial charge on any atom is -0.310 e. The Kier molecular flexibility index (Phi) is 4.61. The van der Waals surface area contributed by atoms with Gasteiger partial charge in [0.05, 0.1) is 0 Å². The van der Waals surface area contributed by atoms with Crippen LogP contribution < -0.4 is 5.32 Å². The highest BCUT2D eigenvalue weighted by Gasteiger charge is 2.42. The zero-order chi connectivity index (χ0) is 12.0. The Morgan fingerprint density at radius 3 is 1.65 bits per heavy atom. The minimum absolute atomic E-state index is 0.335. The first-order valence-electron chi connectivity index (χ1n) is 7.12. The predicted octanol–water partition coefficient (Wildman–Crippen LogP) is 4.24. The van der Waals surface area contributed by atoms with E-state index in [9.17, 15) is 0 Å². The van der Waals surface area contributed by atoms with Gasteiger partial charge in [-0.3, -0.25) is 0 Å². The van der Waals surface area contributed by atoms with Crippen molar-refractivity contribution < 1.29 is 0 Å². The molecule has 1 heteroatoms. The van der Waals surface area contributed by atoms with E-state index in [1.54, 1.807) is 0 Å². The molecule has 94 valence electrons. The van der Waals surface area contributed by atoms with Gasteiger partial charge in [-0.1, -0.05) is 68.9 Å². The van der Waals surface area contributed by atoms with Crippen LogP contribution in [0, 0.1) is 0 Å². The number of rotatable bonds is 2. The zero-order valence-electron chi connectivity index (χ0n) is 11.0. The fourth-order valence-electron chi connectivity index (χ4n) is 2.63. The summed E-state index contributed by atoms with van der Waals surface area (Å²) in [6.45, 7) is 0. The quantitative estimate of drug-likeness (QED) is 0.803. The highest BCUT2D eigenvalue weighted by Crippen LogP contribution is 2.44. The summed E-state index contributed by atoms with van der Waals surface area (Å²) in [6.07, 6.45) is 11.6. The van der Waals surface area contributed by atoms with Crippen LogP contribution in [-0.2, 0) is 5.54 Å². The van der Waals surface area contributed by atoms with Crippen molar-refractivity contribution in [3.63, 3.8) is 0 Å². The Labute approximate surface area is 106 Å². The summed E-state index contributed by atoms with van der Waals surface area (Å²) in [7, 11) is 2.04. The third-order valence-corrected chi connectivity index (χ3v) is 4.05. The maximum atomic E-state index is 3.37. The van der Waals surface area contributed by atoms with E-state index in [4.69, 9.17) is 0 Å². The lowest BCUT2D eigenvalue weighted by molar-refractivity contribution is 0.504. The fourth-order valence-corrected chi connectivity index (χ4v) is 2.63. The summed E-state index contributed by atoms with van der Waals surface area (Å²) in [5, 5.41) is 3.37. The van der Waals surface area contributed by atoms with E-state index in [0.29, 0.717) is 5.54 Å². The van der Waals surface area contributed by atoms with Gasteiger partial charge in [-0.25, -0.2) is 0 Å². The minimum atomic E-state index is 0.335. The summed E-state index contributed by atoms with van der Waals surface area (Å²) >= 11 is 0. The van der Waals surface area contributed by atoms with Gasteiger partial charge in [0.25, 0.3) is 0 Å². The third-order valence-electron chi connectivity index (χ3n) is 4.05. The Morgan fingerprint density at radius 1 is 0.824 bits per heavy atom. The first-order chi connectivity index (χ1) is 8.37. The average molecular weight is 231 g/mol. The molecule has 0 radical (unpaired) electrons. The Balaban J connectivity index is 0.000000153. The highest BCUT2D eigenvalue weighted by atomic mass is 15.0. The topological polar surface area (TPSA) is 12.0 Å². The first kappa shape index (κ1) is 12.6. The van der Waals surface area contributed by atoms with Crippen LogP contribution in [0.25, 0.3) is 0 Å². The lowest BCUT2D eigenvalue weighted by Crippen LogP contribution is -2.24. The van der Waals surface area contributed by atoms with E-state index in [0.717, 1.165) is 0 Å². The molecule has 0 unspecified atom stereocenters. The number of nitrogens with one attached hydrogen (secondary N) is 1. The van der Waals surface area contributed by atoms with Crippen molar-refractivity contribution >= 4 is 0 Å². The molecule has 0 atom stereocenters. The van der Waals surface area contributed by atoms with E-state index in [1.165, 1.54) is 56.9 Å². The third kappa shape index (κ3) is 3.57. The fraction of sp³-hybridized carbons (Fsp3) is 0.625. The molecule has 2 aliphatic carbocycles. The van der Waals surface area contributed by atoms with Crippen molar-refractivity contribution in [2.24, 2.45) is 0 Å². The van der Waals surface area contributed by atoms with Gasteiger partial charge in [0, 0.05) is 5.54 Å². The standard InChI is InChI=1S/C10H13N.C6H12/c1-11-10(7-8-10)9-5-3-2-4-6-9;1-2-4-6-5-3-1/h2-6,11H,7-8H2,1H3;1-6H2. The molecule has 0 heterocycles. The van der Waals surface area contributed by atoms with Crippen LogP contribution in [0.15, 0.2) is 30.3 Å². The van der Waals surface area contributed by atoms with Gasteiger partial charge in [0.15, 0.2) is 0 Å². The molecule has 0 aliphatic heterocycles. The molecule has 0 aromatic heterocycles. The summed E-state index contributed by atoms with van der Waals surface area (Å²) in [5.41, 5.74) is 1.77. The Hall–Kier alpha value is -0.820. The molecule has 0 bridgehead atoms. The maximum Gasteiger partial charge on any atom is 0.0433 e. The van der Waals surface area contributed by atoms with Crippen molar-refractivity contribution in [3.05, 3.63) is 35.9 Å². The van der Waals surface area contributed by atoms with Crippen molar-refractivity contribution in [1.29, 1.82) is 0 Å². The predicted molar refractivity (Wildman–Crippen MR) is 74.1 cm³/mol. The van der Waals surface area contributed by atoms with E-state index in [1.807, 2.05) is 7.05 Å². The van der Waals surface area contributed by atoms with Crippen LogP contribution in [0.3, 0.4) is 0 Å². The van der Waals surface area contributed by atoms with Gasteiger partial charge in [0.2, 0.25) is 0 Å². The summed E-state index contributed by atoms with van der Waals surface area (Å²) < 4.78 is 0. The maximum absolute atomic E-state index is 3.37. The second kappa shape index (κ2) is 6.20. The summed E-state index contributed by atoms with van der Waals surface area (Å²) in [6, 6.07) is 10.7. The molecule has 0 saturated heterocycles. The second-order valence-electron chi connectivity index (χ2n) is 5.32. The van der Waals surface area contributed by atoms with Crippen LogP contribution in [0.5, 0.6) is 0 Å². The molecule has 0 amide bonds. The highest BCUT2D eigenvalue weighted by molar-refractivity contribution is 5.29. The molecule has 2 fully saturated rings. The smallest absolute Gasteiger partial charge is 0.0433 e. The number of benzene rings is 1. The first-order valence-corrected chi connectivity index (χ1v) is 7.12. The number of hydrogen-bond acceptors (Lipinski definition) is 1. The molecule has 2 saturated carbocycles. The molecular formula is C16H25N. The van der Waals surface area contributed by atoms with Gasteiger partial charge in [-0.2, -0.15) is 0 Å². The van der Waals surface area contributed by atoms with Gasteiger partial charge < -0.3 is 5.32 Å². The van der Waals surface area contributed by atoms with Crippen molar-refractivity contribution in [2.45, 2.75) is 56.9 Å². The summed E-state index contributed by atoms with van der Waals surface area (Å²) in [4.78, 5) is 0. The second-order valence-corrected chi connectivity index (χ2v) is 5.32. The largest absolute Gasteiger partial charge is 0.310 e. The molecule has 2 aliphatic rings. The number of hydrogen-bond donors (Lipinski definition) is 1. The molecule has 1 aromatic carbocycles. The van der Waals surface area contributed by atoms with Gasteiger partial charge in [-0.15, -0.1) is 0 Å². The zero-order valence-corrected chi connectivity index (χ0v) is 11.0. The molecule has 0 spiro atoms. The molecular weight excluding hydrogens is 206 g/mol. The van der Waals surface area contributed by atoms with Crippen LogP contribution in [0.4, 0.5) is 0 Å². The molecule has 1 aromatic rings. The van der Waals surface area contributed by atoms with Gasteiger partial charge in [0.1, 0.15) is 0 Å². The van der Waals surface area contributed by atoms with Crippen molar-refractivity contribution in [2.75, 3.05) is 7.05 Å². The SMILES string of the molecule is C1CCCCC1.CNC1(c2ccccc2)CC1. The normalized spacial score (nSPS) is 21.2. The molecule has 3 rings (SSSR count). The van der Waals surface area contributed by atoms with Crippen LogP contribution in [-0.4, -0.2) is 7.05 Å². The van der Waals surface area contributed by atoms with Gasteiger partial charge >= 0.3 is 0 Å². The molecule has 1 nitrogen and oxygen atoms in total. The Bertz CT molecular complexity index is 298. The van der Waals surface area contributed by atoms with Crippen molar-refractivity contribution in [3.8, 4) is 0 Å². The van der Waals surface area contributed by atoms with E-state index in [-0.39, 0.29) is 0 Å². The van der Waals surface area contributed by atoms with Gasteiger partial charge in [-0.05, 0) is 25.5 Å². The van der Waals surface area contributed by atoms with Crippen LogP contribution in [0.2, 0.25) is 0 Å².